The fourth-order valence-electron chi connectivity index (χ4n) is 2.55. The third-order valence-electron chi connectivity index (χ3n) is 3.74. The zero-order valence-corrected chi connectivity index (χ0v) is 13.0. The van der Waals surface area contributed by atoms with Gasteiger partial charge in [0.15, 0.2) is 5.78 Å². The monoisotopic (exact) mass is 281 g/mol. The minimum Gasteiger partial charge on any atom is -0.371 e. The highest BCUT2D eigenvalue weighted by Crippen LogP contribution is 2.26. The molecule has 0 radical (unpaired) electrons. The fourth-order valence-corrected chi connectivity index (χ4v) is 2.55. The molecule has 0 N–H and O–H groups in total. The second-order valence-corrected chi connectivity index (χ2v) is 5.93. The van der Waals surface area contributed by atoms with Gasteiger partial charge in [-0.25, -0.2) is 0 Å². The molecule has 0 spiro atoms. The van der Waals surface area contributed by atoms with Crippen LogP contribution in [0.5, 0.6) is 0 Å². The van der Waals surface area contributed by atoms with Crippen molar-refractivity contribution in [3.63, 3.8) is 0 Å². The van der Waals surface area contributed by atoms with Gasteiger partial charge in [0.05, 0.1) is 0 Å². The Bertz CT molecular complexity index is 575. The van der Waals surface area contributed by atoms with Gasteiger partial charge < -0.3 is 4.90 Å². The molecule has 21 heavy (non-hydrogen) atoms. The number of rotatable bonds is 6. The van der Waals surface area contributed by atoms with Crippen LogP contribution in [0.3, 0.4) is 0 Å². The number of ketones is 1. The van der Waals surface area contributed by atoms with Crippen LogP contribution < -0.4 is 4.90 Å². The smallest absolute Gasteiger partial charge is 0.170 e. The van der Waals surface area contributed by atoms with Gasteiger partial charge in [0, 0.05) is 29.8 Å². The molecule has 0 saturated heterocycles. The summed E-state index contributed by atoms with van der Waals surface area (Å²) in [6.07, 6.45) is 0. The van der Waals surface area contributed by atoms with E-state index >= 15 is 0 Å². The summed E-state index contributed by atoms with van der Waals surface area (Å²) in [7, 11) is 0. The van der Waals surface area contributed by atoms with E-state index in [1.807, 2.05) is 62.4 Å². The lowest BCUT2D eigenvalue weighted by atomic mass is 9.83. The maximum Gasteiger partial charge on any atom is 0.170 e. The van der Waals surface area contributed by atoms with Gasteiger partial charge in [-0.05, 0) is 19.1 Å². The summed E-state index contributed by atoms with van der Waals surface area (Å²) in [5, 5.41) is 0. The number of nitrogens with zero attached hydrogens (tertiary/aromatic N) is 1. The predicted octanol–water partition coefficient (Wildman–Crippen LogP) is 4.42. The molecule has 0 aromatic heterocycles. The Balaban J connectivity index is 2.18. The van der Waals surface area contributed by atoms with Crippen LogP contribution in [-0.4, -0.2) is 18.9 Å². The number of hydrogen-bond donors (Lipinski definition) is 0. The third-order valence-corrected chi connectivity index (χ3v) is 3.74. The second kappa shape index (κ2) is 6.57. The summed E-state index contributed by atoms with van der Waals surface area (Å²) < 4.78 is 0. The Labute approximate surface area is 127 Å². The zero-order valence-electron chi connectivity index (χ0n) is 13.0. The molecule has 110 valence electrons. The number of Topliss-reactive ketones (excluding diaryl/α,β-unsaturated/α-hetero) is 1. The minimum atomic E-state index is -0.423. The van der Waals surface area contributed by atoms with Crippen LogP contribution in [0.25, 0.3) is 0 Å². The molecule has 0 fully saturated rings. The van der Waals surface area contributed by atoms with Crippen molar-refractivity contribution in [2.75, 3.05) is 18.0 Å². The van der Waals surface area contributed by atoms with E-state index in [9.17, 15) is 4.79 Å². The SMILES string of the molecule is CCN(CC(C)(C)C(=O)c1ccccc1)c1ccccc1. The second-order valence-electron chi connectivity index (χ2n) is 5.93. The molecule has 0 unspecified atom stereocenters. The van der Waals surface area contributed by atoms with Crippen molar-refractivity contribution in [1.29, 1.82) is 0 Å². The van der Waals surface area contributed by atoms with Crippen molar-refractivity contribution < 1.29 is 4.79 Å². The molecule has 2 nitrogen and oxygen atoms in total. The Morgan fingerprint density at radius 2 is 1.48 bits per heavy atom. The first-order valence-electron chi connectivity index (χ1n) is 7.44. The lowest BCUT2D eigenvalue weighted by molar-refractivity contribution is 0.0845. The molecule has 0 saturated carbocycles. The number of para-hydroxylation sites is 1. The molecule has 0 aliphatic rings. The normalized spacial score (nSPS) is 11.2. The number of carbonyl (C=O) groups is 1. The molecule has 2 aromatic rings. The first kappa shape index (κ1) is 15.3. The van der Waals surface area contributed by atoms with Crippen molar-refractivity contribution in [2.45, 2.75) is 20.8 Å². The summed E-state index contributed by atoms with van der Waals surface area (Å²) in [6.45, 7) is 7.76. The van der Waals surface area contributed by atoms with Crippen molar-refractivity contribution >= 4 is 11.5 Å². The maximum atomic E-state index is 12.7. The van der Waals surface area contributed by atoms with E-state index in [1.54, 1.807) is 0 Å². The number of anilines is 1. The van der Waals surface area contributed by atoms with Crippen LogP contribution in [0.15, 0.2) is 60.7 Å². The van der Waals surface area contributed by atoms with Crippen molar-refractivity contribution in [3.05, 3.63) is 66.2 Å². The van der Waals surface area contributed by atoms with Gasteiger partial charge in [-0.15, -0.1) is 0 Å². The highest BCUT2D eigenvalue weighted by Gasteiger charge is 2.30. The van der Waals surface area contributed by atoms with Crippen LogP contribution in [0, 0.1) is 5.41 Å². The van der Waals surface area contributed by atoms with Crippen molar-refractivity contribution in [1.82, 2.24) is 0 Å². The Hall–Kier alpha value is -2.09. The molecule has 2 heteroatoms. The fraction of sp³-hybridized carbons (Fsp3) is 0.316. The van der Waals surface area contributed by atoms with E-state index in [0.29, 0.717) is 6.54 Å². The van der Waals surface area contributed by atoms with Crippen LogP contribution in [0.4, 0.5) is 5.69 Å². The third kappa shape index (κ3) is 3.72. The summed E-state index contributed by atoms with van der Waals surface area (Å²) in [6, 6.07) is 19.8. The van der Waals surface area contributed by atoms with E-state index in [4.69, 9.17) is 0 Å². The average Bonchev–Trinajstić information content (AvgIpc) is 2.53. The van der Waals surface area contributed by atoms with Gasteiger partial charge in [-0.3, -0.25) is 4.79 Å². The quantitative estimate of drug-likeness (QED) is 0.730. The highest BCUT2D eigenvalue weighted by atomic mass is 16.1. The summed E-state index contributed by atoms with van der Waals surface area (Å²) in [5.74, 6) is 0.192. The minimum absolute atomic E-state index is 0.192. The Morgan fingerprint density at radius 1 is 0.952 bits per heavy atom. The van der Waals surface area contributed by atoms with Gasteiger partial charge in [0.2, 0.25) is 0 Å². The molecular formula is C19H23NO. The molecule has 0 atom stereocenters. The van der Waals surface area contributed by atoms with Gasteiger partial charge >= 0.3 is 0 Å². The molecule has 0 aliphatic heterocycles. The van der Waals surface area contributed by atoms with Crippen molar-refractivity contribution in [3.8, 4) is 0 Å². The molecule has 0 heterocycles. The topological polar surface area (TPSA) is 20.3 Å². The van der Waals surface area contributed by atoms with Crippen LogP contribution in [0.1, 0.15) is 31.1 Å². The molecule has 0 bridgehead atoms. The Morgan fingerprint density at radius 3 is 2.00 bits per heavy atom. The lowest BCUT2D eigenvalue weighted by Gasteiger charge is -2.32. The first-order valence-corrected chi connectivity index (χ1v) is 7.44. The number of hydrogen-bond acceptors (Lipinski definition) is 2. The van der Waals surface area contributed by atoms with Gasteiger partial charge in [0.25, 0.3) is 0 Å². The van der Waals surface area contributed by atoms with E-state index in [0.717, 1.165) is 17.8 Å². The molecule has 0 aliphatic carbocycles. The number of benzene rings is 2. The van der Waals surface area contributed by atoms with E-state index in [1.165, 1.54) is 0 Å². The summed E-state index contributed by atoms with van der Waals surface area (Å²) in [5.41, 5.74) is 1.52. The Kier molecular flexibility index (Phi) is 4.79. The van der Waals surface area contributed by atoms with Gasteiger partial charge in [-0.1, -0.05) is 62.4 Å². The van der Waals surface area contributed by atoms with E-state index in [2.05, 4.69) is 24.0 Å². The summed E-state index contributed by atoms with van der Waals surface area (Å²) >= 11 is 0. The van der Waals surface area contributed by atoms with Gasteiger partial charge in [0.1, 0.15) is 0 Å². The maximum absolute atomic E-state index is 12.7. The standard InChI is InChI=1S/C19H23NO/c1-4-20(17-13-9-6-10-14-17)15-19(2,3)18(21)16-11-7-5-8-12-16/h5-14H,4,15H2,1-3H3. The average molecular weight is 281 g/mol. The van der Waals surface area contributed by atoms with Crippen molar-refractivity contribution in [2.24, 2.45) is 5.41 Å². The largest absolute Gasteiger partial charge is 0.371 e. The van der Waals surface area contributed by atoms with Crippen LogP contribution in [-0.2, 0) is 0 Å². The van der Waals surface area contributed by atoms with Gasteiger partial charge in [-0.2, -0.15) is 0 Å². The van der Waals surface area contributed by atoms with Crippen LogP contribution >= 0.6 is 0 Å². The number of carbonyl (C=O) groups excluding carboxylic acids is 1. The molecular weight excluding hydrogens is 258 g/mol. The highest BCUT2D eigenvalue weighted by molar-refractivity contribution is 6.00. The predicted molar refractivity (Wildman–Crippen MR) is 88.9 cm³/mol. The molecule has 0 amide bonds. The molecule has 2 rings (SSSR count). The summed E-state index contributed by atoms with van der Waals surface area (Å²) in [4.78, 5) is 15.0. The zero-order chi connectivity index (χ0) is 15.3. The van der Waals surface area contributed by atoms with Crippen LogP contribution in [0.2, 0.25) is 0 Å². The van der Waals surface area contributed by atoms with E-state index in [-0.39, 0.29) is 5.78 Å². The van der Waals surface area contributed by atoms with E-state index < -0.39 is 5.41 Å². The molecule has 2 aromatic carbocycles. The lowest BCUT2D eigenvalue weighted by Crippen LogP contribution is -2.39. The first-order chi connectivity index (χ1) is 10.0.